The minimum atomic E-state index is 0.150. The minimum absolute atomic E-state index is 0.150. The van der Waals surface area contributed by atoms with Gasteiger partial charge < -0.3 is 0 Å². The Kier molecular flexibility index (Phi) is 1.78. The van der Waals surface area contributed by atoms with E-state index in [9.17, 15) is 4.79 Å². The van der Waals surface area contributed by atoms with Crippen LogP contribution in [0.1, 0.15) is 46.0 Å². The van der Waals surface area contributed by atoms with Gasteiger partial charge in [-0.25, -0.2) is 0 Å². The molecular weight excluding hydrogens is 148 g/mol. The molecule has 1 heteroatoms. The first-order valence-corrected chi connectivity index (χ1v) is 5.26. The summed E-state index contributed by atoms with van der Waals surface area (Å²) in [6.45, 7) is 4.30. The summed E-state index contributed by atoms with van der Waals surface area (Å²) in [5.41, 5.74) is 0.150. The molecule has 0 radical (unpaired) electrons. The van der Waals surface area contributed by atoms with Gasteiger partial charge in [0.2, 0.25) is 0 Å². The van der Waals surface area contributed by atoms with Crippen molar-refractivity contribution in [1.82, 2.24) is 0 Å². The fourth-order valence-corrected chi connectivity index (χ4v) is 3.45. The minimum Gasteiger partial charge on any atom is -0.299 e. The van der Waals surface area contributed by atoms with Crippen LogP contribution in [-0.4, -0.2) is 5.78 Å². The van der Waals surface area contributed by atoms with Crippen LogP contribution in [0.2, 0.25) is 0 Å². The molecule has 0 amide bonds. The molecule has 0 spiro atoms. The van der Waals surface area contributed by atoms with E-state index in [0.29, 0.717) is 11.7 Å². The summed E-state index contributed by atoms with van der Waals surface area (Å²) in [5, 5.41) is 0. The first kappa shape index (κ1) is 8.28. The predicted molar refractivity (Wildman–Crippen MR) is 48.9 cm³/mol. The van der Waals surface area contributed by atoms with Gasteiger partial charge in [-0.2, -0.15) is 0 Å². The molecule has 0 bridgehead atoms. The SMILES string of the molecule is CCC12CCCCC1C(C)C2=O. The van der Waals surface area contributed by atoms with E-state index in [1.165, 1.54) is 25.7 Å². The standard InChI is InChI=1S/C11H18O/c1-3-11-7-5-4-6-9(11)8(2)10(11)12/h8-9H,3-7H2,1-2H3. The number of ketones is 1. The lowest BCUT2D eigenvalue weighted by Crippen LogP contribution is -2.57. The van der Waals surface area contributed by atoms with Crippen LogP contribution in [0.5, 0.6) is 0 Å². The normalized spacial score (nSPS) is 46.7. The van der Waals surface area contributed by atoms with Crippen molar-refractivity contribution in [1.29, 1.82) is 0 Å². The highest BCUT2D eigenvalue weighted by atomic mass is 16.1. The Labute approximate surface area is 74.5 Å². The third-order valence-corrected chi connectivity index (χ3v) is 4.24. The van der Waals surface area contributed by atoms with Crippen molar-refractivity contribution in [3.05, 3.63) is 0 Å². The molecule has 3 atom stereocenters. The number of hydrogen-bond acceptors (Lipinski definition) is 1. The molecule has 0 N–H and O–H groups in total. The average Bonchev–Trinajstić information content (AvgIpc) is 2.15. The molecule has 12 heavy (non-hydrogen) atoms. The second-order valence-corrected chi connectivity index (χ2v) is 4.51. The van der Waals surface area contributed by atoms with Crippen LogP contribution in [-0.2, 0) is 4.79 Å². The summed E-state index contributed by atoms with van der Waals surface area (Å²) in [5.74, 6) is 1.68. The summed E-state index contributed by atoms with van der Waals surface area (Å²) >= 11 is 0. The number of Topliss-reactive ketones (excluding diaryl/α,β-unsaturated/α-hetero) is 1. The van der Waals surface area contributed by atoms with Gasteiger partial charge >= 0.3 is 0 Å². The van der Waals surface area contributed by atoms with Gasteiger partial charge in [0.15, 0.2) is 0 Å². The van der Waals surface area contributed by atoms with Gasteiger partial charge in [0.25, 0.3) is 0 Å². The van der Waals surface area contributed by atoms with E-state index in [-0.39, 0.29) is 5.41 Å². The molecule has 0 aliphatic heterocycles. The highest BCUT2D eigenvalue weighted by Crippen LogP contribution is 2.57. The second-order valence-electron chi connectivity index (χ2n) is 4.51. The molecule has 68 valence electrons. The van der Waals surface area contributed by atoms with Crippen molar-refractivity contribution in [3.8, 4) is 0 Å². The summed E-state index contributed by atoms with van der Waals surface area (Å²) in [4.78, 5) is 11.7. The molecule has 2 rings (SSSR count). The molecule has 1 nitrogen and oxygen atoms in total. The zero-order valence-corrected chi connectivity index (χ0v) is 8.10. The molecule has 3 unspecified atom stereocenters. The monoisotopic (exact) mass is 166 g/mol. The van der Waals surface area contributed by atoms with Crippen molar-refractivity contribution in [2.24, 2.45) is 17.3 Å². The number of rotatable bonds is 1. The maximum Gasteiger partial charge on any atom is 0.142 e. The van der Waals surface area contributed by atoms with Gasteiger partial charge in [-0.3, -0.25) is 4.79 Å². The third-order valence-electron chi connectivity index (χ3n) is 4.24. The number of hydrogen-bond donors (Lipinski definition) is 0. The summed E-state index contributed by atoms with van der Waals surface area (Å²) in [6.07, 6.45) is 6.20. The Hall–Kier alpha value is -0.330. The number of carbonyl (C=O) groups excluding carboxylic acids is 1. The second kappa shape index (κ2) is 2.58. The van der Waals surface area contributed by atoms with Crippen LogP contribution in [0.25, 0.3) is 0 Å². The lowest BCUT2D eigenvalue weighted by Gasteiger charge is -2.55. The van der Waals surface area contributed by atoms with Gasteiger partial charge in [0.1, 0.15) is 5.78 Å². The van der Waals surface area contributed by atoms with Gasteiger partial charge in [0, 0.05) is 11.3 Å². The topological polar surface area (TPSA) is 17.1 Å². The predicted octanol–water partition coefficient (Wildman–Crippen LogP) is 2.79. The fourth-order valence-electron chi connectivity index (χ4n) is 3.45. The van der Waals surface area contributed by atoms with Gasteiger partial charge in [0.05, 0.1) is 0 Å². The molecule has 2 aliphatic rings. The molecule has 2 aliphatic carbocycles. The van der Waals surface area contributed by atoms with E-state index in [1.807, 2.05) is 0 Å². The van der Waals surface area contributed by atoms with Crippen LogP contribution >= 0.6 is 0 Å². The molecule has 0 heterocycles. The van der Waals surface area contributed by atoms with Crippen molar-refractivity contribution < 1.29 is 4.79 Å². The Morgan fingerprint density at radius 1 is 1.50 bits per heavy atom. The first-order chi connectivity index (χ1) is 5.72. The van der Waals surface area contributed by atoms with E-state index in [0.717, 1.165) is 12.3 Å². The maximum absolute atomic E-state index is 11.7. The largest absolute Gasteiger partial charge is 0.299 e. The quantitative estimate of drug-likeness (QED) is 0.585. The molecule has 0 aromatic heterocycles. The van der Waals surface area contributed by atoms with E-state index < -0.39 is 0 Å². The van der Waals surface area contributed by atoms with Crippen molar-refractivity contribution >= 4 is 5.78 Å². The third kappa shape index (κ3) is 0.773. The van der Waals surface area contributed by atoms with E-state index in [4.69, 9.17) is 0 Å². The molecule has 2 fully saturated rings. The summed E-state index contributed by atoms with van der Waals surface area (Å²) < 4.78 is 0. The van der Waals surface area contributed by atoms with E-state index in [1.54, 1.807) is 0 Å². The molecule has 0 aromatic carbocycles. The Morgan fingerprint density at radius 3 is 2.83 bits per heavy atom. The van der Waals surface area contributed by atoms with Crippen LogP contribution in [0, 0.1) is 17.3 Å². The highest BCUT2D eigenvalue weighted by molar-refractivity contribution is 5.93. The average molecular weight is 166 g/mol. The lowest BCUT2D eigenvalue weighted by atomic mass is 9.47. The first-order valence-electron chi connectivity index (χ1n) is 5.26. The maximum atomic E-state index is 11.7. The van der Waals surface area contributed by atoms with E-state index in [2.05, 4.69) is 13.8 Å². The smallest absolute Gasteiger partial charge is 0.142 e. The lowest BCUT2D eigenvalue weighted by molar-refractivity contribution is -0.161. The zero-order valence-electron chi connectivity index (χ0n) is 8.10. The van der Waals surface area contributed by atoms with Crippen LogP contribution in [0.15, 0.2) is 0 Å². The van der Waals surface area contributed by atoms with Crippen LogP contribution in [0.3, 0.4) is 0 Å². The Bertz CT molecular complexity index is 209. The van der Waals surface area contributed by atoms with Crippen molar-refractivity contribution in [2.75, 3.05) is 0 Å². The molecule has 0 saturated heterocycles. The number of carbonyl (C=O) groups is 1. The zero-order chi connectivity index (χ0) is 8.77. The number of fused-ring (bicyclic) bond motifs is 1. The van der Waals surface area contributed by atoms with Crippen molar-refractivity contribution in [3.63, 3.8) is 0 Å². The fraction of sp³-hybridized carbons (Fsp3) is 0.909. The van der Waals surface area contributed by atoms with Crippen LogP contribution in [0.4, 0.5) is 0 Å². The molecule has 2 saturated carbocycles. The van der Waals surface area contributed by atoms with Crippen LogP contribution < -0.4 is 0 Å². The molecular formula is C11H18O. The Morgan fingerprint density at radius 2 is 2.25 bits per heavy atom. The van der Waals surface area contributed by atoms with E-state index >= 15 is 0 Å². The van der Waals surface area contributed by atoms with Gasteiger partial charge in [-0.15, -0.1) is 0 Å². The highest BCUT2D eigenvalue weighted by Gasteiger charge is 2.58. The summed E-state index contributed by atoms with van der Waals surface area (Å²) in [6, 6.07) is 0. The Balaban J connectivity index is 2.21. The van der Waals surface area contributed by atoms with Crippen molar-refractivity contribution in [2.45, 2.75) is 46.0 Å². The molecule has 0 aromatic rings. The summed E-state index contributed by atoms with van der Waals surface area (Å²) in [7, 11) is 0. The van der Waals surface area contributed by atoms with Gasteiger partial charge in [-0.1, -0.05) is 26.7 Å². The van der Waals surface area contributed by atoms with Gasteiger partial charge in [-0.05, 0) is 25.2 Å².